The van der Waals surface area contributed by atoms with Crippen molar-refractivity contribution < 1.29 is 38.4 Å². The van der Waals surface area contributed by atoms with Crippen molar-refractivity contribution in [3.05, 3.63) is 70.8 Å². The van der Waals surface area contributed by atoms with Gasteiger partial charge in [-0.15, -0.1) is 0 Å². The molecule has 0 saturated heterocycles. The Bertz CT molecular complexity index is 1650. The maximum atomic E-state index is 12.5. The highest BCUT2D eigenvalue weighted by Crippen LogP contribution is 2.57. The van der Waals surface area contributed by atoms with E-state index in [2.05, 4.69) is 0 Å². The molecule has 2 amide bonds. The van der Waals surface area contributed by atoms with E-state index in [4.69, 9.17) is 18.9 Å². The number of carbonyl (C=O) groups excluding carboxylic acids is 3. The van der Waals surface area contributed by atoms with Gasteiger partial charge in [0.15, 0.2) is 28.8 Å². The molecule has 2 aliphatic carbocycles. The lowest BCUT2D eigenvalue weighted by Crippen LogP contribution is -2.44. The molecule has 1 N–H and O–H groups in total. The summed E-state index contributed by atoms with van der Waals surface area (Å²) in [6.07, 6.45) is 7.61. The summed E-state index contributed by atoms with van der Waals surface area (Å²) < 4.78 is 23.1. The van der Waals surface area contributed by atoms with Crippen LogP contribution in [0.4, 0.5) is 0 Å². The van der Waals surface area contributed by atoms with Crippen LogP contribution in [0.3, 0.4) is 0 Å². The highest BCUT2D eigenvalue weighted by molar-refractivity contribution is 5.93. The molecule has 0 aromatic heterocycles. The number of hydrogen-bond acceptors (Lipinski definition) is 8. The Labute approximate surface area is 255 Å². The van der Waals surface area contributed by atoms with E-state index in [0.29, 0.717) is 56.0 Å². The van der Waals surface area contributed by atoms with E-state index in [0.717, 1.165) is 28.0 Å². The first-order valence-electron chi connectivity index (χ1n) is 14.9. The molecule has 230 valence electrons. The van der Waals surface area contributed by atoms with Crippen LogP contribution in [0.2, 0.25) is 0 Å². The number of ketones is 1. The van der Waals surface area contributed by atoms with E-state index >= 15 is 0 Å². The smallest absolute Gasteiger partial charge is 0.223 e. The first-order chi connectivity index (χ1) is 21.1. The topological polar surface area (TPSA) is 115 Å². The second-order valence-corrected chi connectivity index (χ2v) is 12.6. The standard InChI is InChI=1S/C17H19NO4.C17H17NO4/c2*1-18-9-10-3-4-12(21-2)16-15(10)17(8-14(18)20)6-5-11(19)7-13(17)22-16/h3-6,11,13,19H,7-9H2,1-2H3;3-6,13H,7-9H2,1-2H3/t11-,13-,17-;13-,17-/m00/s1. The molecule has 0 radical (unpaired) electrons. The van der Waals surface area contributed by atoms with Gasteiger partial charge in [0.05, 0.1) is 31.2 Å². The monoisotopic (exact) mass is 600 g/mol. The van der Waals surface area contributed by atoms with Gasteiger partial charge in [0.1, 0.15) is 12.2 Å². The van der Waals surface area contributed by atoms with E-state index in [-0.39, 0.29) is 29.8 Å². The summed E-state index contributed by atoms with van der Waals surface area (Å²) >= 11 is 0. The van der Waals surface area contributed by atoms with Crippen molar-refractivity contribution in [2.75, 3.05) is 28.3 Å². The lowest BCUT2D eigenvalue weighted by molar-refractivity contribution is -0.132. The van der Waals surface area contributed by atoms with Crippen LogP contribution in [0.15, 0.2) is 48.6 Å². The van der Waals surface area contributed by atoms with Crippen LogP contribution in [-0.2, 0) is 38.3 Å². The predicted octanol–water partition coefficient (Wildman–Crippen LogP) is 2.96. The van der Waals surface area contributed by atoms with Gasteiger partial charge in [-0.2, -0.15) is 0 Å². The third kappa shape index (κ3) is 4.07. The van der Waals surface area contributed by atoms with Crippen LogP contribution in [0.25, 0.3) is 0 Å². The summed E-state index contributed by atoms with van der Waals surface area (Å²) in [6, 6.07) is 7.76. The van der Waals surface area contributed by atoms with Gasteiger partial charge >= 0.3 is 0 Å². The molecule has 44 heavy (non-hydrogen) atoms. The van der Waals surface area contributed by atoms with Gasteiger partial charge in [0.2, 0.25) is 11.8 Å². The Morgan fingerprint density at radius 2 is 1.32 bits per heavy atom. The molecule has 6 aliphatic rings. The van der Waals surface area contributed by atoms with Crippen molar-refractivity contribution in [3.63, 3.8) is 0 Å². The van der Waals surface area contributed by atoms with E-state index in [1.54, 1.807) is 36.2 Å². The predicted molar refractivity (Wildman–Crippen MR) is 159 cm³/mol. The van der Waals surface area contributed by atoms with Crippen molar-refractivity contribution in [2.24, 2.45) is 0 Å². The van der Waals surface area contributed by atoms with Crippen molar-refractivity contribution in [1.29, 1.82) is 0 Å². The summed E-state index contributed by atoms with van der Waals surface area (Å²) in [6.45, 7) is 1.12. The Hall–Kier alpha value is -4.31. The number of nitrogens with zero attached hydrogens (tertiary/aromatic N) is 2. The van der Waals surface area contributed by atoms with Gasteiger partial charge in [-0.1, -0.05) is 30.4 Å². The van der Waals surface area contributed by atoms with E-state index < -0.39 is 16.9 Å². The second-order valence-electron chi connectivity index (χ2n) is 12.6. The number of carbonyl (C=O) groups is 3. The molecule has 0 saturated carbocycles. The number of methoxy groups -OCH3 is 2. The van der Waals surface area contributed by atoms with Crippen LogP contribution in [0.5, 0.6) is 23.0 Å². The minimum atomic E-state index is -0.547. The van der Waals surface area contributed by atoms with Gasteiger partial charge in [-0.3, -0.25) is 14.4 Å². The summed E-state index contributed by atoms with van der Waals surface area (Å²) in [5, 5.41) is 9.95. The molecular weight excluding hydrogens is 564 g/mol. The van der Waals surface area contributed by atoms with Crippen LogP contribution < -0.4 is 18.9 Å². The molecule has 2 aromatic rings. The van der Waals surface area contributed by atoms with Gasteiger partial charge in [-0.25, -0.2) is 0 Å². The lowest BCUT2D eigenvalue weighted by Gasteiger charge is -2.35. The van der Waals surface area contributed by atoms with Crippen LogP contribution in [0.1, 0.15) is 47.9 Å². The normalized spacial score (nSPS) is 30.5. The minimum absolute atomic E-state index is 0.0361. The fourth-order valence-corrected chi connectivity index (χ4v) is 7.78. The van der Waals surface area contributed by atoms with E-state index in [9.17, 15) is 19.5 Å². The maximum absolute atomic E-state index is 12.5. The number of aliphatic hydroxyl groups is 1. The third-order valence-corrected chi connectivity index (χ3v) is 10.0. The molecule has 2 aromatic carbocycles. The van der Waals surface area contributed by atoms with E-state index in [1.165, 1.54) is 0 Å². The molecule has 0 fully saturated rings. The van der Waals surface area contributed by atoms with Crippen molar-refractivity contribution in [1.82, 2.24) is 9.80 Å². The van der Waals surface area contributed by atoms with Gasteiger partial charge in [0.25, 0.3) is 0 Å². The van der Waals surface area contributed by atoms with Crippen LogP contribution >= 0.6 is 0 Å². The Morgan fingerprint density at radius 3 is 1.86 bits per heavy atom. The molecule has 4 aliphatic heterocycles. The van der Waals surface area contributed by atoms with Gasteiger partial charge in [0, 0.05) is 64.0 Å². The quantitative estimate of drug-likeness (QED) is 0.524. The Morgan fingerprint density at radius 1 is 0.795 bits per heavy atom. The number of aliphatic hydroxyl groups excluding tert-OH is 1. The van der Waals surface area contributed by atoms with Gasteiger partial charge in [-0.05, 0) is 29.3 Å². The Kier molecular flexibility index (Phi) is 6.55. The van der Waals surface area contributed by atoms with Crippen molar-refractivity contribution in [3.8, 4) is 23.0 Å². The Balaban J connectivity index is 0.000000142. The molecule has 10 heteroatoms. The average molecular weight is 601 g/mol. The highest BCUT2D eigenvalue weighted by Gasteiger charge is 2.55. The van der Waals surface area contributed by atoms with E-state index in [1.807, 2.05) is 50.5 Å². The van der Waals surface area contributed by atoms with Crippen LogP contribution in [-0.4, -0.2) is 79.1 Å². The average Bonchev–Trinajstić information content (AvgIpc) is 3.43. The fourth-order valence-electron chi connectivity index (χ4n) is 7.78. The summed E-state index contributed by atoms with van der Waals surface area (Å²) in [4.78, 5) is 40.3. The molecular formula is C34H36N2O8. The first-order valence-corrected chi connectivity index (χ1v) is 14.9. The number of rotatable bonds is 2. The molecule has 2 spiro atoms. The zero-order valence-electron chi connectivity index (χ0n) is 25.3. The molecule has 10 nitrogen and oxygen atoms in total. The number of benzene rings is 2. The lowest BCUT2D eigenvalue weighted by atomic mass is 9.69. The molecule has 0 bridgehead atoms. The summed E-state index contributed by atoms with van der Waals surface area (Å²) in [7, 11) is 6.86. The van der Waals surface area contributed by atoms with Crippen molar-refractivity contribution >= 4 is 17.6 Å². The molecule has 5 atom stereocenters. The van der Waals surface area contributed by atoms with Gasteiger partial charge < -0.3 is 33.9 Å². The SMILES string of the molecule is COc1ccc2c3c1O[C@H]1CC(=O)C=C[C@@]31CC(=O)N(C)C2.COc1ccc2c3c1O[C@H]1C[C@@H](O)C=C[C@@]31CC(=O)N(C)C2. The maximum Gasteiger partial charge on any atom is 0.223 e. The molecule has 0 unspecified atom stereocenters. The minimum Gasteiger partial charge on any atom is -0.493 e. The number of allylic oxidation sites excluding steroid dienone is 1. The largest absolute Gasteiger partial charge is 0.493 e. The van der Waals surface area contributed by atoms with Crippen molar-refractivity contribution in [2.45, 2.75) is 67.9 Å². The highest BCUT2D eigenvalue weighted by atomic mass is 16.5. The number of hydrogen-bond donors (Lipinski definition) is 1. The number of ether oxygens (including phenoxy) is 4. The second kappa shape index (κ2) is 10.1. The first kappa shape index (κ1) is 28.5. The summed E-state index contributed by atoms with van der Waals surface area (Å²) in [5.41, 5.74) is 3.18. The third-order valence-electron chi connectivity index (χ3n) is 10.0. The zero-order valence-corrected chi connectivity index (χ0v) is 25.3. The molecule has 8 rings (SSSR count). The van der Waals surface area contributed by atoms with Crippen LogP contribution in [0, 0.1) is 0 Å². The number of amides is 2. The fraction of sp³-hybridized carbons (Fsp3) is 0.441. The zero-order chi connectivity index (χ0) is 31.0. The summed E-state index contributed by atoms with van der Waals surface area (Å²) in [5.74, 6) is 2.96. The molecule has 4 heterocycles.